The standard InChI is InChI=1S/C17H19BrN2O6/c1-5-26-17(21)14-13(18)12(10(20-14)8-19-22)9-6-7-11(23-2)16(25-4)15(9)24-3/h6-8,20,22H,5H2,1-4H3. The van der Waals surface area contributed by atoms with Crippen molar-refractivity contribution in [3.63, 3.8) is 0 Å². The summed E-state index contributed by atoms with van der Waals surface area (Å²) in [5.74, 6) is 0.736. The van der Waals surface area contributed by atoms with Crippen molar-refractivity contribution >= 4 is 28.1 Å². The summed E-state index contributed by atoms with van der Waals surface area (Å²) < 4.78 is 21.7. The molecule has 26 heavy (non-hydrogen) atoms. The van der Waals surface area contributed by atoms with Crippen molar-refractivity contribution in [1.29, 1.82) is 0 Å². The lowest BCUT2D eigenvalue weighted by Gasteiger charge is -2.16. The molecule has 140 valence electrons. The second kappa shape index (κ2) is 8.61. The number of hydrogen-bond acceptors (Lipinski definition) is 7. The van der Waals surface area contributed by atoms with Gasteiger partial charge in [0, 0.05) is 11.1 Å². The summed E-state index contributed by atoms with van der Waals surface area (Å²) in [4.78, 5) is 15.1. The maximum Gasteiger partial charge on any atom is 0.355 e. The molecule has 0 amide bonds. The highest BCUT2D eigenvalue weighted by Crippen LogP contribution is 2.47. The predicted molar refractivity (Wildman–Crippen MR) is 98.9 cm³/mol. The van der Waals surface area contributed by atoms with Gasteiger partial charge >= 0.3 is 5.97 Å². The third kappa shape index (κ3) is 3.48. The number of oxime groups is 1. The normalized spacial score (nSPS) is 10.8. The number of methoxy groups -OCH3 is 3. The molecule has 0 radical (unpaired) electrons. The molecule has 0 spiro atoms. The van der Waals surface area contributed by atoms with E-state index in [1.165, 1.54) is 27.5 Å². The summed E-state index contributed by atoms with van der Waals surface area (Å²) in [6.45, 7) is 1.94. The monoisotopic (exact) mass is 426 g/mol. The summed E-state index contributed by atoms with van der Waals surface area (Å²) in [5.41, 5.74) is 1.71. The number of H-pyrrole nitrogens is 1. The third-order valence-corrected chi connectivity index (χ3v) is 4.40. The number of carbonyl (C=O) groups is 1. The minimum Gasteiger partial charge on any atom is -0.493 e. The van der Waals surface area contributed by atoms with Gasteiger partial charge < -0.3 is 29.1 Å². The number of aromatic amines is 1. The number of nitrogens with one attached hydrogen (secondary N) is 1. The number of ether oxygens (including phenoxy) is 4. The molecular formula is C17H19BrN2O6. The van der Waals surface area contributed by atoms with Gasteiger partial charge in [0.2, 0.25) is 5.75 Å². The first-order valence-electron chi connectivity index (χ1n) is 7.59. The number of rotatable bonds is 7. The van der Waals surface area contributed by atoms with Crippen molar-refractivity contribution in [2.24, 2.45) is 5.16 Å². The molecule has 1 aromatic carbocycles. The third-order valence-electron chi connectivity index (χ3n) is 3.61. The molecule has 0 atom stereocenters. The molecule has 0 unspecified atom stereocenters. The Morgan fingerprint density at radius 3 is 2.46 bits per heavy atom. The maximum absolute atomic E-state index is 12.2. The summed E-state index contributed by atoms with van der Waals surface area (Å²) in [6, 6.07) is 3.46. The lowest BCUT2D eigenvalue weighted by molar-refractivity contribution is 0.0519. The van der Waals surface area contributed by atoms with Crippen molar-refractivity contribution in [2.75, 3.05) is 27.9 Å². The fourth-order valence-corrected chi connectivity index (χ4v) is 3.24. The van der Waals surface area contributed by atoms with Crippen LogP contribution in [0, 0.1) is 0 Å². The SMILES string of the molecule is CCOC(=O)c1[nH]c(C=NO)c(-c2ccc(OC)c(OC)c2OC)c1Br. The summed E-state index contributed by atoms with van der Waals surface area (Å²) in [7, 11) is 4.51. The molecule has 0 saturated heterocycles. The molecule has 0 saturated carbocycles. The van der Waals surface area contributed by atoms with Gasteiger partial charge in [-0.15, -0.1) is 0 Å². The van der Waals surface area contributed by atoms with Crippen molar-refractivity contribution in [3.05, 3.63) is 28.0 Å². The average molecular weight is 427 g/mol. The van der Waals surface area contributed by atoms with Crippen LogP contribution in [0.15, 0.2) is 21.8 Å². The minimum absolute atomic E-state index is 0.189. The summed E-state index contributed by atoms with van der Waals surface area (Å²) in [5, 5.41) is 12.0. The molecule has 0 aliphatic rings. The number of benzene rings is 1. The zero-order valence-electron chi connectivity index (χ0n) is 14.8. The van der Waals surface area contributed by atoms with E-state index in [0.29, 0.717) is 38.5 Å². The van der Waals surface area contributed by atoms with Gasteiger partial charge in [-0.05, 0) is 35.0 Å². The molecule has 0 aliphatic carbocycles. The Morgan fingerprint density at radius 2 is 1.92 bits per heavy atom. The van der Waals surface area contributed by atoms with E-state index < -0.39 is 5.97 Å². The summed E-state index contributed by atoms with van der Waals surface area (Å²) >= 11 is 3.42. The predicted octanol–water partition coefficient (Wildman–Crippen LogP) is 3.45. The van der Waals surface area contributed by atoms with E-state index in [9.17, 15) is 4.79 Å². The van der Waals surface area contributed by atoms with E-state index in [-0.39, 0.29) is 12.3 Å². The Labute approximate surface area is 158 Å². The van der Waals surface area contributed by atoms with Crippen molar-refractivity contribution < 1.29 is 28.9 Å². The molecule has 0 aliphatic heterocycles. The van der Waals surface area contributed by atoms with Crippen molar-refractivity contribution in [3.8, 4) is 28.4 Å². The van der Waals surface area contributed by atoms with Crippen LogP contribution >= 0.6 is 15.9 Å². The van der Waals surface area contributed by atoms with Crippen molar-refractivity contribution in [1.82, 2.24) is 4.98 Å². The van der Waals surface area contributed by atoms with Gasteiger partial charge in [-0.2, -0.15) is 0 Å². The number of nitrogens with zero attached hydrogens (tertiary/aromatic N) is 1. The first-order chi connectivity index (χ1) is 12.5. The first kappa shape index (κ1) is 19.6. The van der Waals surface area contributed by atoms with Crippen LogP contribution in [0.5, 0.6) is 17.2 Å². The van der Waals surface area contributed by atoms with Crippen molar-refractivity contribution in [2.45, 2.75) is 6.92 Å². The number of hydrogen-bond donors (Lipinski definition) is 2. The van der Waals surface area contributed by atoms with Crippen LogP contribution in [0.3, 0.4) is 0 Å². The Morgan fingerprint density at radius 1 is 1.23 bits per heavy atom. The minimum atomic E-state index is -0.544. The molecule has 1 heterocycles. The highest BCUT2D eigenvalue weighted by molar-refractivity contribution is 9.10. The Bertz CT molecular complexity index is 831. The quantitative estimate of drug-likeness (QED) is 0.304. The smallest absolute Gasteiger partial charge is 0.355 e. The van der Waals surface area contributed by atoms with Gasteiger partial charge in [0.15, 0.2) is 11.5 Å². The number of esters is 1. The molecular weight excluding hydrogens is 408 g/mol. The van der Waals surface area contributed by atoms with Crippen LogP contribution in [0.4, 0.5) is 0 Å². The van der Waals surface area contributed by atoms with E-state index in [4.69, 9.17) is 24.2 Å². The Balaban J connectivity index is 2.77. The van der Waals surface area contributed by atoms with Gasteiger partial charge in [-0.1, -0.05) is 5.16 Å². The van der Waals surface area contributed by atoms with Gasteiger partial charge in [-0.3, -0.25) is 0 Å². The van der Waals surface area contributed by atoms with E-state index in [1.54, 1.807) is 19.1 Å². The average Bonchev–Trinajstić information content (AvgIpc) is 2.96. The van der Waals surface area contributed by atoms with Crippen LogP contribution in [0.2, 0.25) is 0 Å². The lowest BCUT2D eigenvalue weighted by Crippen LogP contribution is -2.05. The van der Waals surface area contributed by atoms with Crippen LogP contribution in [-0.4, -0.2) is 50.3 Å². The van der Waals surface area contributed by atoms with Crippen LogP contribution in [0.1, 0.15) is 23.1 Å². The van der Waals surface area contributed by atoms with E-state index >= 15 is 0 Å². The molecule has 8 nitrogen and oxygen atoms in total. The molecule has 2 rings (SSSR count). The largest absolute Gasteiger partial charge is 0.493 e. The van der Waals surface area contributed by atoms with Gasteiger partial charge in [0.1, 0.15) is 5.69 Å². The lowest BCUT2D eigenvalue weighted by atomic mass is 10.0. The molecule has 9 heteroatoms. The Hall–Kier alpha value is -2.68. The molecule has 2 N–H and O–H groups in total. The summed E-state index contributed by atoms with van der Waals surface area (Å²) in [6.07, 6.45) is 1.18. The van der Waals surface area contributed by atoms with Crippen LogP contribution in [0.25, 0.3) is 11.1 Å². The molecule has 2 aromatic rings. The van der Waals surface area contributed by atoms with Crippen LogP contribution in [-0.2, 0) is 4.74 Å². The van der Waals surface area contributed by atoms with E-state index in [0.717, 1.165) is 0 Å². The Kier molecular flexibility index (Phi) is 6.51. The highest BCUT2D eigenvalue weighted by Gasteiger charge is 2.26. The molecule has 1 aromatic heterocycles. The second-order valence-electron chi connectivity index (χ2n) is 4.95. The molecule has 0 fully saturated rings. The second-order valence-corrected chi connectivity index (χ2v) is 5.74. The highest BCUT2D eigenvalue weighted by atomic mass is 79.9. The van der Waals surface area contributed by atoms with E-state index in [1.807, 2.05) is 0 Å². The zero-order valence-corrected chi connectivity index (χ0v) is 16.3. The van der Waals surface area contributed by atoms with E-state index in [2.05, 4.69) is 26.1 Å². The number of aromatic nitrogens is 1. The fraction of sp³-hybridized carbons (Fsp3) is 0.294. The zero-order chi connectivity index (χ0) is 19.3. The number of carbonyl (C=O) groups excluding carboxylic acids is 1. The van der Waals surface area contributed by atoms with Gasteiger partial charge in [-0.25, -0.2) is 4.79 Å². The first-order valence-corrected chi connectivity index (χ1v) is 8.38. The molecule has 0 bridgehead atoms. The topological polar surface area (TPSA) is 102 Å². The van der Waals surface area contributed by atoms with Crippen LogP contribution < -0.4 is 14.2 Å². The number of halogens is 1. The fourth-order valence-electron chi connectivity index (χ4n) is 2.56. The van der Waals surface area contributed by atoms with Gasteiger partial charge in [0.05, 0.1) is 44.3 Å². The maximum atomic E-state index is 12.2. The van der Waals surface area contributed by atoms with Gasteiger partial charge in [0.25, 0.3) is 0 Å².